The first kappa shape index (κ1) is 29.9. The van der Waals surface area contributed by atoms with Crippen molar-refractivity contribution < 1.29 is 9.18 Å². The number of aromatic nitrogens is 4. The van der Waals surface area contributed by atoms with Crippen LogP contribution in [0.3, 0.4) is 0 Å². The van der Waals surface area contributed by atoms with Gasteiger partial charge in [0.1, 0.15) is 11.5 Å². The van der Waals surface area contributed by atoms with Crippen LogP contribution in [0.4, 0.5) is 15.8 Å². The zero-order chi connectivity index (χ0) is 32.3. The number of fused-ring (bicyclic) bond motifs is 2. The molecule has 9 heteroatoms. The van der Waals surface area contributed by atoms with E-state index in [0.29, 0.717) is 18.7 Å². The maximum Gasteiger partial charge on any atom is 0.228 e. The Labute approximate surface area is 271 Å². The number of aromatic amines is 2. The van der Waals surface area contributed by atoms with Crippen molar-refractivity contribution in [1.82, 2.24) is 25.1 Å². The molecule has 1 amide bonds. The standard InChI is InChI=1S/C38H34FN7O/c1-46(2)15-14-40-29-19-26(17-27(39)20-29)30-12-7-13-33-31(30)21-35(43-33)38-32-22-34(41-23-36(32)44-45-38)25-10-6-11-28(18-25)42-37(47)16-24-8-4-3-5-9-24/h3-13,17-23,40,43H,14-16H2,1-2H3,(H,42,47)(H,44,45). The number of anilines is 2. The van der Waals surface area contributed by atoms with E-state index < -0.39 is 0 Å². The molecule has 0 radical (unpaired) electrons. The lowest BCUT2D eigenvalue weighted by Crippen LogP contribution is -2.20. The van der Waals surface area contributed by atoms with Gasteiger partial charge in [0, 0.05) is 46.3 Å². The van der Waals surface area contributed by atoms with Crippen LogP contribution in [0.2, 0.25) is 0 Å². The van der Waals surface area contributed by atoms with Crippen molar-refractivity contribution >= 4 is 39.1 Å². The summed E-state index contributed by atoms with van der Waals surface area (Å²) in [6.07, 6.45) is 2.07. The third-order valence-electron chi connectivity index (χ3n) is 8.11. The summed E-state index contributed by atoms with van der Waals surface area (Å²) < 4.78 is 14.8. The number of hydrogen-bond donors (Lipinski definition) is 4. The fourth-order valence-corrected chi connectivity index (χ4v) is 5.83. The molecule has 8 nitrogen and oxygen atoms in total. The lowest BCUT2D eigenvalue weighted by molar-refractivity contribution is -0.115. The van der Waals surface area contributed by atoms with Gasteiger partial charge < -0.3 is 20.5 Å². The van der Waals surface area contributed by atoms with Crippen molar-refractivity contribution in [2.75, 3.05) is 37.8 Å². The largest absolute Gasteiger partial charge is 0.384 e. The van der Waals surface area contributed by atoms with Crippen LogP contribution in [0, 0.1) is 5.82 Å². The molecule has 0 unspecified atom stereocenters. The van der Waals surface area contributed by atoms with Gasteiger partial charge in [-0.25, -0.2) is 4.39 Å². The highest BCUT2D eigenvalue weighted by atomic mass is 19.1. The molecule has 0 fully saturated rings. The Morgan fingerprint density at radius 3 is 2.51 bits per heavy atom. The fraction of sp³-hybridized carbons (Fsp3) is 0.132. The Morgan fingerprint density at radius 2 is 1.66 bits per heavy atom. The SMILES string of the molecule is CN(C)CCNc1cc(F)cc(-c2cccc3[nH]c(-c4n[nH]c5cnc(-c6cccc(NC(=O)Cc7ccccc7)c6)cc45)cc23)c1. The Bertz CT molecular complexity index is 2200. The Balaban J connectivity index is 1.18. The van der Waals surface area contributed by atoms with E-state index in [-0.39, 0.29) is 11.7 Å². The normalized spacial score (nSPS) is 11.4. The third kappa shape index (κ3) is 6.61. The van der Waals surface area contributed by atoms with Crippen LogP contribution < -0.4 is 10.6 Å². The summed E-state index contributed by atoms with van der Waals surface area (Å²) in [4.78, 5) is 23.0. The number of carbonyl (C=O) groups excluding carboxylic acids is 1. The van der Waals surface area contributed by atoms with Crippen LogP contribution in [0.25, 0.3) is 55.6 Å². The topological polar surface area (TPSA) is 102 Å². The minimum atomic E-state index is -0.291. The van der Waals surface area contributed by atoms with Crippen molar-refractivity contribution in [3.63, 3.8) is 0 Å². The minimum absolute atomic E-state index is 0.0814. The molecule has 0 aliphatic rings. The maximum absolute atomic E-state index is 14.8. The van der Waals surface area contributed by atoms with Gasteiger partial charge in [0.25, 0.3) is 0 Å². The van der Waals surface area contributed by atoms with Crippen molar-refractivity contribution in [2.24, 2.45) is 0 Å². The highest BCUT2D eigenvalue weighted by molar-refractivity contribution is 6.02. The lowest BCUT2D eigenvalue weighted by atomic mass is 10.0. The van der Waals surface area contributed by atoms with Crippen LogP contribution >= 0.6 is 0 Å². The van der Waals surface area contributed by atoms with E-state index in [4.69, 9.17) is 0 Å². The molecular formula is C38H34FN7O. The summed E-state index contributed by atoms with van der Waals surface area (Å²) in [5.41, 5.74) is 9.06. The van der Waals surface area contributed by atoms with E-state index in [1.165, 1.54) is 6.07 Å². The smallest absolute Gasteiger partial charge is 0.228 e. The molecule has 7 aromatic rings. The molecular weight excluding hydrogens is 589 g/mol. The van der Waals surface area contributed by atoms with Gasteiger partial charge >= 0.3 is 0 Å². The van der Waals surface area contributed by atoms with Crippen molar-refractivity contribution in [2.45, 2.75) is 6.42 Å². The molecule has 0 aliphatic carbocycles. The first-order valence-electron chi connectivity index (χ1n) is 15.5. The molecule has 0 atom stereocenters. The number of rotatable bonds is 10. The number of pyridine rings is 1. The molecule has 47 heavy (non-hydrogen) atoms. The number of carbonyl (C=O) groups is 1. The number of nitrogens with one attached hydrogen (secondary N) is 4. The van der Waals surface area contributed by atoms with Crippen molar-refractivity contribution in [3.8, 4) is 33.8 Å². The van der Waals surface area contributed by atoms with E-state index in [1.54, 1.807) is 12.3 Å². The molecule has 234 valence electrons. The van der Waals surface area contributed by atoms with E-state index in [9.17, 15) is 9.18 Å². The average molecular weight is 624 g/mol. The number of hydrogen-bond acceptors (Lipinski definition) is 5. The van der Waals surface area contributed by atoms with Gasteiger partial charge in [-0.1, -0.05) is 54.6 Å². The van der Waals surface area contributed by atoms with Crippen LogP contribution in [0.1, 0.15) is 5.56 Å². The zero-order valence-electron chi connectivity index (χ0n) is 26.1. The summed E-state index contributed by atoms with van der Waals surface area (Å²) in [5.74, 6) is -0.372. The molecule has 0 spiro atoms. The number of benzene rings is 4. The van der Waals surface area contributed by atoms with Crippen LogP contribution in [0.15, 0.2) is 109 Å². The maximum atomic E-state index is 14.8. The number of amides is 1. The fourth-order valence-electron chi connectivity index (χ4n) is 5.83. The quantitative estimate of drug-likeness (QED) is 0.125. The second-order valence-electron chi connectivity index (χ2n) is 11.9. The monoisotopic (exact) mass is 623 g/mol. The minimum Gasteiger partial charge on any atom is -0.384 e. The highest BCUT2D eigenvalue weighted by Gasteiger charge is 2.16. The first-order chi connectivity index (χ1) is 22.9. The summed E-state index contributed by atoms with van der Waals surface area (Å²) in [7, 11) is 4.02. The van der Waals surface area contributed by atoms with E-state index in [2.05, 4.69) is 41.8 Å². The van der Waals surface area contributed by atoms with Crippen LogP contribution in [0.5, 0.6) is 0 Å². The van der Waals surface area contributed by atoms with Gasteiger partial charge in [-0.05, 0) is 79.3 Å². The Hall–Kier alpha value is -5.80. The second kappa shape index (κ2) is 12.9. The van der Waals surface area contributed by atoms with E-state index in [1.807, 2.05) is 99.0 Å². The van der Waals surface area contributed by atoms with Crippen molar-refractivity contribution in [3.05, 3.63) is 121 Å². The summed E-state index contributed by atoms with van der Waals surface area (Å²) >= 11 is 0. The van der Waals surface area contributed by atoms with Crippen LogP contribution in [-0.4, -0.2) is 58.2 Å². The molecule has 0 aliphatic heterocycles. The molecule has 3 heterocycles. The molecule has 3 aromatic heterocycles. The first-order valence-corrected chi connectivity index (χ1v) is 15.5. The number of halogens is 1. The van der Waals surface area contributed by atoms with Gasteiger partial charge in [0.05, 0.1) is 29.5 Å². The predicted molar refractivity (Wildman–Crippen MR) is 188 cm³/mol. The molecule has 0 saturated carbocycles. The lowest BCUT2D eigenvalue weighted by Gasteiger charge is -2.13. The Kier molecular flexibility index (Phi) is 8.20. The number of likely N-dealkylation sites (N-methyl/N-ethyl adjacent to an activating group) is 1. The summed E-state index contributed by atoms with van der Waals surface area (Å²) in [6, 6.07) is 32.5. The third-order valence-corrected chi connectivity index (χ3v) is 8.11. The van der Waals surface area contributed by atoms with Crippen molar-refractivity contribution in [1.29, 1.82) is 0 Å². The number of nitrogens with zero attached hydrogens (tertiary/aromatic N) is 3. The second-order valence-corrected chi connectivity index (χ2v) is 11.9. The molecule has 4 aromatic carbocycles. The zero-order valence-corrected chi connectivity index (χ0v) is 26.1. The van der Waals surface area contributed by atoms with Gasteiger partial charge in [0.2, 0.25) is 5.91 Å². The average Bonchev–Trinajstić information content (AvgIpc) is 3.69. The number of H-pyrrole nitrogens is 2. The summed E-state index contributed by atoms with van der Waals surface area (Å²) in [6.45, 7) is 1.55. The molecule has 4 N–H and O–H groups in total. The van der Waals surface area contributed by atoms with E-state index >= 15 is 0 Å². The molecule has 7 rings (SSSR count). The Morgan fingerprint density at radius 1 is 0.830 bits per heavy atom. The predicted octanol–water partition coefficient (Wildman–Crippen LogP) is 7.73. The van der Waals surface area contributed by atoms with Crippen LogP contribution in [-0.2, 0) is 11.2 Å². The molecule has 0 bridgehead atoms. The summed E-state index contributed by atoms with van der Waals surface area (Å²) in [5, 5.41) is 16.0. The molecule has 0 saturated heterocycles. The van der Waals surface area contributed by atoms with Gasteiger partial charge in [-0.2, -0.15) is 5.10 Å². The van der Waals surface area contributed by atoms with Gasteiger partial charge in [0.15, 0.2) is 0 Å². The highest BCUT2D eigenvalue weighted by Crippen LogP contribution is 2.36. The van der Waals surface area contributed by atoms with Gasteiger partial charge in [-0.3, -0.25) is 14.9 Å². The van der Waals surface area contributed by atoms with E-state index in [0.717, 1.165) is 73.4 Å². The van der Waals surface area contributed by atoms with Gasteiger partial charge in [-0.15, -0.1) is 0 Å².